The minimum atomic E-state index is -4.40. The zero-order chi connectivity index (χ0) is 11.9. The van der Waals surface area contributed by atoms with Crippen LogP contribution >= 0.6 is 0 Å². The molecule has 1 amide bonds. The summed E-state index contributed by atoms with van der Waals surface area (Å²) in [5.74, 6) is -0.204. The molecule has 0 N–H and O–H groups in total. The number of halogens is 3. The Morgan fingerprint density at radius 2 is 2.06 bits per heavy atom. The van der Waals surface area contributed by atoms with Crippen LogP contribution in [0.15, 0.2) is 18.2 Å². The molecule has 0 aromatic heterocycles. The lowest BCUT2D eigenvalue weighted by Crippen LogP contribution is -2.35. The first-order valence-electron chi connectivity index (χ1n) is 4.50. The third-order valence-corrected chi connectivity index (χ3v) is 2.37. The Hall–Kier alpha value is -1.72. The Morgan fingerprint density at radius 3 is 2.69 bits per heavy atom. The zero-order valence-corrected chi connectivity index (χ0v) is 8.34. The molecule has 1 aromatic rings. The van der Waals surface area contributed by atoms with Crippen LogP contribution in [0, 0.1) is 0 Å². The number of hydrogen-bond acceptors (Lipinski definition) is 2. The van der Waals surface area contributed by atoms with Gasteiger partial charge in [0.2, 0.25) is 0 Å². The Morgan fingerprint density at radius 1 is 1.38 bits per heavy atom. The molecule has 0 fully saturated rings. The summed E-state index contributed by atoms with van der Waals surface area (Å²) in [4.78, 5) is 12.5. The first-order valence-corrected chi connectivity index (χ1v) is 4.50. The SMILES string of the molecule is CN1C(=O)COc2cc(C(F)(F)F)ccc21. The summed E-state index contributed by atoms with van der Waals surface area (Å²) in [6.45, 7) is -0.231. The largest absolute Gasteiger partial charge is 0.482 e. The van der Waals surface area contributed by atoms with Gasteiger partial charge < -0.3 is 9.64 Å². The van der Waals surface area contributed by atoms with Gasteiger partial charge >= 0.3 is 6.18 Å². The van der Waals surface area contributed by atoms with Crippen LogP contribution in [0.1, 0.15) is 5.56 Å². The number of alkyl halides is 3. The maximum atomic E-state index is 12.4. The van der Waals surface area contributed by atoms with Gasteiger partial charge in [-0.05, 0) is 18.2 Å². The molecule has 3 nitrogen and oxygen atoms in total. The van der Waals surface area contributed by atoms with Crippen LogP contribution in [0.2, 0.25) is 0 Å². The van der Waals surface area contributed by atoms with E-state index in [0.717, 1.165) is 12.1 Å². The van der Waals surface area contributed by atoms with E-state index in [1.165, 1.54) is 18.0 Å². The molecule has 1 aromatic carbocycles. The molecular formula is C10H8F3NO2. The van der Waals surface area contributed by atoms with Gasteiger partial charge in [0.25, 0.3) is 5.91 Å². The van der Waals surface area contributed by atoms with E-state index in [1.54, 1.807) is 0 Å². The van der Waals surface area contributed by atoms with E-state index in [4.69, 9.17) is 4.74 Å². The van der Waals surface area contributed by atoms with Gasteiger partial charge in [0.1, 0.15) is 5.75 Å². The highest BCUT2D eigenvalue weighted by atomic mass is 19.4. The van der Waals surface area contributed by atoms with E-state index in [1.807, 2.05) is 0 Å². The van der Waals surface area contributed by atoms with Gasteiger partial charge in [-0.15, -0.1) is 0 Å². The topological polar surface area (TPSA) is 29.5 Å². The van der Waals surface area contributed by atoms with E-state index in [2.05, 4.69) is 0 Å². The second kappa shape index (κ2) is 3.40. The molecule has 0 unspecified atom stereocenters. The molecule has 0 radical (unpaired) electrons. The predicted molar refractivity (Wildman–Crippen MR) is 50.3 cm³/mol. The van der Waals surface area contributed by atoms with Crippen LogP contribution in [-0.4, -0.2) is 19.6 Å². The Labute approximate surface area is 89.4 Å². The van der Waals surface area contributed by atoms with Crippen molar-refractivity contribution < 1.29 is 22.7 Å². The fourth-order valence-corrected chi connectivity index (χ4v) is 1.45. The molecule has 0 aliphatic carbocycles. The Bertz CT molecular complexity index is 442. The quantitative estimate of drug-likeness (QED) is 0.684. The minimum absolute atomic E-state index is 0.0805. The predicted octanol–water partition coefficient (Wildman–Crippen LogP) is 2.06. The third kappa shape index (κ3) is 1.70. The highest BCUT2D eigenvalue weighted by Crippen LogP contribution is 2.37. The summed E-state index contributed by atoms with van der Waals surface area (Å²) in [5.41, 5.74) is -0.432. The molecule has 0 bridgehead atoms. The maximum Gasteiger partial charge on any atom is 0.416 e. The van der Waals surface area contributed by atoms with Crippen molar-refractivity contribution in [3.63, 3.8) is 0 Å². The molecule has 1 aliphatic rings. The highest BCUT2D eigenvalue weighted by molar-refractivity contribution is 5.97. The maximum absolute atomic E-state index is 12.4. The molecule has 16 heavy (non-hydrogen) atoms. The van der Waals surface area contributed by atoms with E-state index in [-0.39, 0.29) is 18.3 Å². The fraction of sp³-hybridized carbons (Fsp3) is 0.300. The smallest absolute Gasteiger partial charge is 0.416 e. The number of carbonyl (C=O) groups excluding carboxylic acids is 1. The number of likely N-dealkylation sites (N-methyl/N-ethyl adjacent to an activating group) is 1. The molecule has 6 heteroatoms. The Kier molecular flexibility index (Phi) is 2.29. The van der Waals surface area contributed by atoms with Crippen molar-refractivity contribution in [3.05, 3.63) is 23.8 Å². The number of amides is 1. The van der Waals surface area contributed by atoms with Crippen LogP contribution in [0.4, 0.5) is 18.9 Å². The molecular weight excluding hydrogens is 223 g/mol. The van der Waals surface area contributed by atoms with Gasteiger partial charge in [0.05, 0.1) is 11.3 Å². The van der Waals surface area contributed by atoms with Gasteiger partial charge in [-0.25, -0.2) is 0 Å². The minimum Gasteiger partial charge on any atom is -0.482 e. The van der Waals surface area contributed by atoms with Crippen LogP contribution in [-0.2, 0) is 11.0 Å². The lowest BCUT2D eigenvalue weighted by atomic mass is 10.1. The molecule has 0 atom stereocenters. The normalized spacial score (nSPS) is 15.8. The monoisotopic (exact) mass is 231 g/mol. The summed E-state index contributed by atoms with van der Waals surface area (Å²) in [6.07, 6.45) is -4.40. The van der Waals surface area contributed by atoms with Crippen molar-refractivity contribution in [3.8, 4) is 5.75 Å². The molecule has 1 heterocycles. The number of fused-ring (bicyclic) bond motifs is 1. The van der Waals surface area contributed by atoms with E-state index in [0.29, 0.717) is 5.69 Å². The number of hydrogen-bond donors (Lipinski definition) is 0. The molecule has 0 saturated carbocycles. The highest BCUT2D eigenvalue weighted by Gasteiger charge is 2.33. The van der Waals surface area contributed by atoms with Crippen molar-refractivity contribution in [2.45, 2.75) is 6.18 Å². The summed E-state index contributed by atoms with van der Waals surface area (Å²) < 4.78 is 42.1. The van der Waals surface area contributed by atoms with Gasteiger partial charge in [0, 0.05) is 7.05 Å². The number of anilines is 1. The third-order valence-electron chi connectivity index (χ3n) is 2.37. The van der Waals surface area contributed by atoms with E-state index >= 15 is 0 Å². The first-order chi connectivity index (χ1) is 7.39. The molecule has 0 saturated heterocycles. The van der Waals surface area contributed by atoms with Crippen molar-refractivity contribution in [2.75, 3.05) is 18.6 Å². The lowest BCUT2D eigenvalue weighted by molar-refractivity contribution is -0.137. The van der Waals surface area contributed by atoms with E-state index < -0.39 is 11.7 Å². The number of ether oxygens (including phenoxy) is 1. The zero-order valence-electron chi connectivity index (χ0n) is 8.34. The van der Waals surface area contributed by atoms with Gasteiger partial charge in [-0.1, -0.05) is 0 Å². The molecule has 86 valence electrons. The van der Waals surface area contributed by atoms with Crippen LogP contribution in [0.3, 0.4) is 0 Å². The lowest BCUT2D eigenvalue weighted by Gasteiger charge is -2.26. The summed E-state index contributed by atoms with van der Waals surface area (Å²) in [6, 6.07) is 3.06. The number of nitrogens with zero attached hydrogens (tertiary/aromatic N) is 1. The first kappa shape index (κ1) is 10.8. The average Bonchev–Trinajstić information content (AvgIpc) is 2.22. The van der Waals surface area contributed by atoms with Crippen molar-refractivity contribution in [2.24, 2.45) is 0 Å². The average molecular weight is 231 g/mol. The summed E-state index contributed by atoms with van der Waals surface area (Å²) in [5, 5.41) is 0. The van der Waals surface area contributed by atoms with Crippen LogP contribution < -0.4 is 9.64 Å². The summed E-state index contributed by atoms with van der Waals surface area (Å²) >= 11 is 0. The standard InChI is InChI=1S/C10H8F3NO2/c1-14-7-3-2-6(10(11,12)13)4-8(7)16-5-9(14)15/h2-4H,5H2,1H3. The van der Waals surface area contributed by atoms with Crippen LogP contribution in [0.5, 0.6) is 5.75 Å². The molecule has 0 spiro atoms. The van der Waals surface area contributed by atoms with Crippen molar-refractivity contribution >= 4 is 11.6 Å². The second-order valence-electron chi connectivity index (χ2n) is 3.42. The van der Waals surface area contributed by atoms with Crippen molar-refractivity contribution in [1.82, 2.24) is 0 Å². The van der Waals surface area contributed by atoms with Gasteiger partial charge in [-0.2, -0.15) is 13.2 Å². The van der Waals surface area contributed by atoms with Gasteiger partial charge in [-0.3, -0.25) is 4.79 Å². The van der Waals surface area contributed by atoms with Crippen molar-refractivity contribution in [1.29, 1.82) is 0 Å². The van der Waals surface area contributed by atoms with Gasteiger partial charge in [0.15, 0.2) is 6.61 Å². The molecule has 1 aliphatic heterocycles. The fourth-order valence-electron chi connectivity index (χ4n) is 1.45. The second-order valence-corrected chi connectivity index (χ2v) is 3.42. The number of rotatable bonds is 0. The molecule has 2 rings (SSSR count). The number of carbonyl (C=O) groups is 1. The van der Waals surface area contributed by atoms with E-state index in [9.17, 15) is 18.0 Å². The summed E-state index contributed by atoms with van der Waals surface area (Å²) in [7, 11) is 1.50. The van der Waals surface area contributed by atoms with Crippen LogP contribution in [0.25, 0.3) is 0 Å². The Balaban J connectivity index is 2.45. The number of benzene rings is 1.